The average Bonchev–Trinajstić information content (AvgIpc) is 3.53. The number of aliphatic hydroxyl groups is 4. The molecular weight excluding hydrogens is 899 g/mol. The summed E-state index contributed by atoms with van der Waals surface area (Å²) in [5, 5.41) is 47.2. The quantitative estimate of drug-likeness (QED) is 0.106. The summed E-state index contributed by atoms with van der Waals surface area (Å²) in [6, 6.07) is 6.61. The maximum absolute atomic E-state index is 13.4. The van der Waals surface area contributed by atoms with Crippen molar-refractivity contribution in [1.29, 1.82) is 0 Å². The fourth-order valence-corrected chi connectivity index (χ4v) is 14.3. The van der Waals surface area contributed by atoms with Gasteiger partial charge in [0.25, 0.3) is 0 Å². The molecule has 0 aromatic heterocycles. The molecule has 0 spiro atoms. The van der Waals surface area contributed by atoms with Crippen LogP contribution in [0.3, 0.4) is 0 Å². The van der Waals surface area contributed by atoms with Gasteiger partial charge in [-0.1, -0.05) is 26.0 Å². The number of carbonyl (C=O) groups excluding carboxylic acids is 2. The van der Waals surface area contributed by atoms with E-state index in [-0.39, 0.29) is 59.5 Å². The van der Waals surface area contributed by atoms with Gasteiger partial charge in [-0.25, -0.2) is 4.79 Å². The molecule has 3 aliphatic heterocycles. The molecule has 7 fully saturated rings. The number of aliphatic hydroxyl groups excluding tert-OH is 2. The molecule has 4 aliphatic carbocycles. The molecule has 0 amide bonds. The lowest BCUT2D eigenvalue weighted by atomic mass is 9.42. The van der Waals surface area contributed by atoms with E-state index in [1.54, 1.807) is 52.3 Å². The van der Waals surface area contributed by atoms with Gasteiger partial charge in [-0.3, -0.25) is 4.79 Å². The summed E-state index contributed by atoms with van der Waals surface area (Å²) in [5.74, 6) is -1.11. The Labute approximate surface area is 406 Å². The van der Waals surface area contributed by atoms with E-state index in [9.17, 15) is 30.0 Å². The Kier molecular flexibility index (Phi) is 15.6. The molecule has 4 saturated carbocycles. The summed E-state index contributed by atoms with van der Waals surface area (Å²) in [4.78, 5) is 26.3. The molecule has 3 saturated heterocycles. The van der Waals surface area contributed by atoms with E-state index in [4.69, 9.17) is 57.8 Å². The third-order valence-corrected chi connectivity index (χ3v) is 18.3. The van der Waals surface area contributed by atoms with Gasteiger partial charge in [0, 0.05) is 46.8 Å². The van der Waals surface area contributed by atoms with E-state index in [2.05, 4.69) is 6.92 Å². The highest BCUT2D eigenvalue weighted by Gasteiger charge is 2.77. The maximum atomic E-state index is 13.4. The Hall–Kier alpha value is -2.56. The molecule has 2 unspecified atom stereocenters. The van der Waals surface area contributed by atoms with Crippen molar-refractivity contribution in [2.75, 3.05) is 27.1 Å². The molecule has 0 radical (unpaired) electrons. The van der Waals surface area contributed by atoms with Crippen molar-refractivity contribution in [3.63, 3.8) is 0 Å². The maximum Gasteiger partial charge on any atom is 0.340 e. The van der Waals surface area contributed by atoms with Crippen molar-refractivity contribution in [2.45, 2.75) is 222 Å². The van der Waals surface area contributed by atoms with Crippen molar-refractivity contribution < 1.29 is 82.1 Å². The molecule has 7 aliphatic rings. The number of anilines is 1. The van der Waals surface area contributed by atoms with Crippen molar-refractivity contribution in [3.05, 3.63) is 29.8 Å². The number of para-hydroxylation sites is 1. The Morgan fingerprint density at radius 3 is 2.00 bits per heavy atom. The molecule has 3 heterocycles. The van der Waals surface area contributed by atoms with Gasteiger partial charge in [0.15, 0.2) is 18.9 Å². The molecule has 390 valence electrons. The Morgan fingerprint density at radius 2 is 1.38 bits per heavy atom. The minimum absolute atomic E-state index is 0.0112. The van der Waals surface area contributed by atoms with E-state index in [1.807, 2.05) is 20.8 Å². The third kappa shape index (κ3) is 9.28. The standard InChI is InChI=1S/C51H79NO17/c1-25-41(54)45(61-10)42(55)47(64-25)69-44-27(3)63-40(24-37(44)60-9)68-43-26(2)62-39(23-36(43)59-8)67-31-17-18-48(6)30(21-31)15-16-33-34(48)22-38(66-29(5)53)49(7)50(57,19-20-51(33,49)58)28(4)65-46(56)32-13-11-12-14-35(32)52/h11-14,25-28,30-31,33-34,36-45,47,54-55,57-58H,15-24,52H2,1-10H3/t25-,26-,27-,28?,30?,31+,33-,34+,36+,37-,38-,39+,40+,41-,42-,43-,44-,45-,47+,48+,49-,50-,51+/m1/s1. The average molecular weight is 978 g/mol. The molecule has 1 aromatic rings. The van der Waals surface area contributed by atoms with Crippen molar-refractivity contribution >= 4 is 17.6 Å². The number of esters is 2. The van der Waals surface area contributed by atoms with Crippen LogP contribution in [0.1, 0.15) is 123 Å². The lowest BCUT2D eigenvalue weighted by Gasteiger charge is -2.66. The number of rotatable bonds is 13. The van der Waals surface area contributed by atoms with Gasteiger partial charge in [-0.2, -0.15) is 0 Å². The first-order chi connectivity index (χ1) is 32.6. The van der Waals surface area contributed by atoms with E-state index in [0.717, 1.165) is 32.1 Å². The van der Waals surface area contributed by atoms with Crippen LogP contribution in [0.15, 0.2) is 24.3 Å². The molecule has 8 rings (SSSR count). The molecule has 18 nitrogen and oxygen atoms in total. The van der Waals surface area contributed by atoms with Crippen LogP contribution in [0.25, 0.3) is 0 Å². The van der Waals surface area contributed by atoms with Crippen LogP contribution in [-0.2, 0) is 56.9 Å². The van der Waals surface area contributed by atoms with E-state index < -0.39 is 115 Å². The Bertz CT molecular complexity index is 1960. The monoisotopic (exact) mass is 978 g/mol. The number of nitrogen functional groups attached to an aromatic ring is 1. The first-order valence-electron chi connectivity index (χ1n) is 25.2. The molecule has 1 aromatic carbocycles. The van der Waals surface area contributed by atoms with Gasteiger partial charge in [0.05, 0.1) is 53.2 Å². The normalized spacial score (nSPS) is 48.1. The summed E-state index contributed by atoms with van der Waals surface area (Å²) >= 11 is 0. The zero-order chi connectivity index (χ0) is 50.0. The Balaban J connectivity index is 0.892. The largest absolute Gasteiger partial charge is 0.462 e. The van der Waals surface area contributed by atoms with E-state index in [1.165, 1.54) is 14.0 Å². The fraction of sp³-hybridized carbons (Fsp3) is 0.843. The summed E-state index contributed by atoms with van der Waals surface area (Å²) in [5.41, 5.74) is 1.87. The van der Waals surface area contributed by atoms with Crippen molar-refractivity contribution in [1.82, 2.24) is 0 Å². The van der Waals surface area contributed by atoms with E-state index in [0.29, 0.717) is 19.3 Å². The molecule has 6 N–H and O–H groups in total. The van der Waals surface area contributed by atoms with Crippen LogP contribution in [0.5, 0.6) is 0 Å². The van der Waals surface area contributed by atoms with Gasteiger partial charge in [-0.05, 0) is 114 Å². The predicted molar refractivity (Wildman–Crippen MR) is 246 cm³/mol. The second-order valence-corrected chi connectivity index (χ2v) is 21.7. The van der Waals surface area contributed by atoms with Gasteiger partial charge >= 0.3 is 11.9 Å². The topological polar surface area (TPSA) is 243 Å². The van der Waals surface area contributed by atoms with Crippen LogP contribution in [0.4, 0.5) is 5.69 Å². The minimum atomic E-state index is -1.71. The molecule has 0 bridgehead atoms. The number of methoxy groups -OCH3 is 3. The summed E-state index contributed by atoms with van der Waals surface area (Å²) < 4.78 is 67.7. The van der Waals surface area contributed by atoms with Crippen LogP contribution < -0.4 is 5.73 Å². The lowest BCUT2D eigenvalue weighted by molar-refractivity contribution is -0.352. The highest BCUT2D eigenvalue weighted by Crippen LogP contribution is 2.71. The van der Waals surface area contributed by atoms with Crippen LogP contribution >= 0.6 is 0 Å². The number of ether oxygens (including phenoxy) is 11. The first kappa shape index (κ1) is 52.8. The third-order valence-electron chi connectivity index (χ3n) is 18.3. The summed E-state index contributed by atoms with van der Waals surface area (Å²) in [6.45, 7) is 12.6. The van der Waals surface area contributed by atoms with Gasteiger partial charge in [0.1, 0.15) is 48.3 Å². The lowest BCUT2D eigenvalue weighted by Crippen LogP contribution is -2.72. The second kappa shape index (κ2) is 20.4. The molecule has 23 atom stereocenters. The number of hydrogen-bond acceptors (Lipinski definition) is 18. The zero-order valence-electron chi connectivity index (χ0n) is 42.0. The molecule has 18 heteroatoms. The number of carbonyl (C=O) groups is 2. The van der Waals surface area contributed by atoms with Crippen molar-refractivity contribution in [2.24, 2.45) is 28.6 Å². The van der Waals surface area contributed by atoms with Crippen LogP contribution in [0.2, 0.25) is 0 Å². The van der Waals surface area contributed by atoms with Crippen LogP contribution in [-0.4, -0.2) is 163 Å². The summed E-state index contributed by atoms with van der Waals surface area (Å²) in [7, 11) is 4.66. The number of fused-ring (bicyclic) bond motifs is 5. The van der Waals surface area contributed by atoms with Crippen LogP contribution in [0, 0.1) is 28.6 Å². The Morgan fingerprint density at radius 1 is 0.739 bits per heavy atom. The summed E-state index contributed by atoms with van der Waals surface area (Å²) in [6.07, 6.45) is -5.35. The fourth-order valence-electron chi connectivity index (χ4n) is 14.3. The highest BCUT2D eigenvalue weighted by molar-refractivity contribution is 5.95. The number of nitrogens with two attached hydrogens (primary N) is 1. The highest BCUT2D eigenvalue weighted by atomic mass is 16.8. The molecular formula is C51H79NO17. The smallest absolute Gasteiger partial charge is 0.340 e. The van der Waals surface area contributed by atoms with Gasteiger partial charge in [-0.15, -0.1) is 0 Å². The van der Waals surface area contributed by atoms with Gasteiger partial charge < -0.3 is 78.3 Å². The predicted octanol–water partition coefficient (Wildman–Crippen LogP) is 4.18. The van der Waals surface area contributed by atoms with Crippen molar-refractivity contribution in [3.8, 4) is 0 Å². The zero-order valence-corrected chi connectivity index (χ0v) is 42.0. The van der Waals surface area contributed by atoms with E-state index >= 15 is 0 Å². The number of benzene rings is 1. The second-order valence-electron chi connectivity index (χ2n) is 21.7. The SMILES string of the molecule is CO[C@H]1[C@@H](O)[C@H](O[C@@H]2[C@@H](C)O[C@@H](O[C@H]3[C@@H](OC)C[C@H](O[C@H]4CC[C@@]5(C)C(CC[C@@H]6[C@@H]5C[C@@H](OC(C)=O)[C@]5(C)[C@](O)(C(C)OC(=O)c7ccccc7N)CC[C@]65O)C4)O[C@@H]3C)C[C@H]2OC)O[C@H](C)[C@H]1O. The number of hydrogen-bond donors (Lipinski definition) is 5. The molecule has 69 heavy (non-hydrogen) atoms. The van der Waals surface area contributed by atoms with Gasteiger partial charge in [0.2, 0.25) is 0 Å². The minimum Gasteiger partial charge on any atom is -0.462 e. The first-order valence-corrected chi connectivity index (χ1v) is 25.2.